The van der Waals surface area contributed by atoms with Gasteiger partial charge in [-0.25, -0.2) is 4.79 Å². The van der Waals surface area contributed by atoms with Crippen LogP contribution in [0.5, 0.6) is 0 Å². The Morgan fingerprint density at radius 2 is 1.84 bits per heavy atom. The first-order chi connectivity index (χ1) is 12.1. The van der Waals surface area contributed by atoms with Gasteiger partial charge in [-0.1, -0.05) is 30.9 Å². The standard InChI is InChI=1S/C18H19ClN2O4/c19-12-8-6-11(7-9-12)15-10-14(21-24)16(18(23)25-15)17(22)20-13-4-2-1-3-5-13/h6-10,13,21,24H,1-5H2,(H,20,22). The molecule has 0 unspecified atom stereocenters. The lowest BCUT2D eigenvalue weighted by Crippen LogP contribution is -2.38. The zero-order valence-electron chi connectivity index (χ0n) is 13.5. The van der Waals surface area contributed by atoms with Gasteiger partial charge in [-0.3, -0.25) is 15.5 Å². The van der Waals surface area contributed by atoms with Crippen LogP contribution in [0.15, 0.2) is 39.5 Å². The smallest absolute Gasteiger partial charge is 0.351 e. The van der Waals surface area contributed by atoms with Crippen molar-refractivity contribution in [3.05, 3.63) is 51.3 Å². The molecule has 0 aliphatic heterocycles. The molecule has 132 valence electrons. The molecule has 1 fully saturated rings. The highest BCUT2D eigenvalue weighted by Crippen LogP contribution is 2.25. The number of benzene rings is 1. The lowest BCUT2D eigenvalue weighted by Gasteiger charge is -2.22. The monoisotopic (exact) mass is 362 g/mol. The van der Waals surface area contributed by atoms with Crippen LogP contribution >= 0.6 is 11.6 Å². The van der Waals surface area contributed by atoms with E-state index in [2.05, 4.69) is 5.32 Å². The van der Waals surface area contributed by atoms with Crippen molar-refractivity contribution in [2.75, 3.05) is 5.48 Å². The SMILES string of the molecule is O=C(NC1CCCCC1)c1c(NO)cc(-c2ccc(Cl)cc2)oc1=O. The third-order valence-corrected chi connectivity index (χ3v) is 4.62. The summed E-state index contributed by atoms with van der Waals surface area (Å²) in [5.74, 6) is -0.313. The highest BCUT2D eigenvalue weighted by atomic mass is 35.5. The van der Waals surface area contributed by atoms with Crippen LogP contribution < -0.4 is 16.4 Å². The van der Waals surface area contributed by atoms with Gasteiger partial charge in [0.15, 0.2) is 5.56 Å². The molecule has 3 rings (SSSR count). The van der Waals surface area contributed by atoms with Gasteiger partial charge in [-0.2, -0.15) is 0 Å². The average molecular weight is 363 g/mol. The molecule has 1 amide bonds. The minimum absolute atomic E-state index is 0.00881. The lowest BCUT2D eigenvalue weighted by molar-refractivity contribution is 0.0924. The summed E-state index contributed by atoms with van der Waals surface area (Å²) in [5, 5.41) is 12.8. The number of carbonyl (C=O) groups is 1. The van der Waals surface area contributed by atoms with Crippen LogP contribution in [-0.4, -0.2) is 17.2 Å². The number of rotatable bonds is 4. The Hall–Kier alpha value is -2.31. The molecule has 6 nitrogen and oxygen atoms in total. The normalized spacial score (nSPS) is 15.0. The average Bonchev–Trinajstić information content (AvgIpc) is 2.62. The third-order valence-electron chi connectivity index (χ3n) is 4.37. The summed E-state index contributed by atoms with van der Waals surface area (Å²) in [6, 6.07) is 8.15. The van der Waals surface area contributed by atoms with Crippen LogP contribution in [0.4, 0.5) is 5.69 Å². The molecule has 1 aliphatic rings. The Bertz CT molecular complexity index is 811. The zero-order chi connectivity index (χ0) is 17.8. The molecule has 1 aromatic carbocycles. The van der Waals surface area contributed by atoms with E-state index in [1.54, 1.807) is 24.3 Å². The minimum atomic E-state index is -0.808. The third kappa shape index (κ3) is 4.03. The molecule has 0 spiro atoms. The predicted octanol–water partition coefficient (Wildman–Crippen LogP) is 3.82. The van der Waals surface area contributed by atoms with E-state index in [0.29, 0.717) is 10.6 Å². The van der Waals surface area contributed by atoms with Crippen LogP contribution in [0, 0.1) is 0 Å². The van der Waals surface area contributed by atoms with Crippen molar-refractivity contribution in [2.45, 2.75) is 38.1 Å². The van der Waals surface area contributed by atoms with Crippen molar-refractivity contribution in [1.29, 1.82) is 0 Å². The van der Waals surface area contributed by atoms with E-state index in [-0.39, 0.29) is 23.1 Å². The largest absolute Gasteiger partial charge is 0.422 e. The maximum absolute atomic E-state index is 12.5. The molecular formula is C18H19ClN2O4. The molecule has 0 radical (unpaired) electrons. The van der Waals surface area contributed by atoms with Crippen molar-refractivity contribution in [3.8, 4) is 11.3 Å². The van der Waals surface area contributed by atoms with Crippen LogP contribution in [0.3, 0.4) is 0 Å². The first-order valence-corrected chi connectivity index (χ1v) is 8.61. The van der Waals surface area contributed by atoms with Crippen molar-refractivity contribution in [1.82, 2.24) is 5.32 Å². The number of hydrogen-bond acceptors (Lipinski definition) is 5. The van der Waals surface area contributed by atoms with Crippen LogP contribution in [-0.2, 0) is 0 Å². The second-order valence-corrected chi connectivity index (χ2v) is 6.55. The number of anilines is 1. The van der Waals surface area contributed by atoms with Gasteiger partial charge in [0.25, 0.3) is 5.91 Å². The second kappa shape index (κ2) is 7.72. The summed E-state index contributed by atoms with van der Waals surface area (Å²) in [7, 11) is 0. The Balaban J connectivity index is 1.90. The van der Waals surface area contributed by atoms with E-state index in [1.165, 1.54) is 6.07 Å². The van der Waals surface area contributed by atoms with Gasteiger partial charge < -0.3 is 9.73 Å². The first kappa shape index (κ1) is 17.5. The molecule has 7 heteroatoms. The number of amides is 1. The van der Waals surface area contributed by atoms with E-state index < -0.39 is 11.5 Å². The molecular weight excluding hydrogens is 344 g/mol. The molecule has 1 aliphatic carbocycles. The first-order valence-electron chi connectivity index (χ1n) is 8.23. The maximum Gasteiger partial charge on any atom is 0.351 e. The summed E-state index contributed by atoms with van der Waals surface area (Å²) in [4.78, 5) is 24.8. The highest BCUT2D eigenvalue weighted by molar-refractivity contribution is 6.30. The molecule has 1 saturated carbocycles. The quantitative estimate of drug-likeness (QED) is 0.719. The van der Waals surface area contributed by atoms with E-state index >= 15 is 0 Å². The van der Waals surface area contributed by atoms with Gasteiger partial charge in [-0.05, 0) is 37.1 Å². The van der Waals surface area contributed by atoms with Crippen LogP contribution in [0.25, 0.3) is 11.3 Å². The molecule has 0 atom stereocenters. The van der Waals surface area contributed by atoms with Crippen molar-refractivity contribution < 1.29 is 14.4 Å². The lowest BCUT2D eigenvalue weighted by atomic mass is 9.95. The number of nitrogens with one attached hydrogen (secondary N) is 2. The van der Waals surface area contributed by atoms with Crippen LogP contribution in [0.1, 0.15) is 42.5 Å². The van der Waals surface area contributed by atoms with Crippen molar-refractivity contribution in [2.24, 2.45) is 0 Å². The van der Waals surface area contributed by atoms with Gasteiger partial charge in [-0.15, -0.1) is 0 Å². The summed E-state index contributed by atoms with van der Waals surface area (Å²) in [6.07, 6.45) is 5.05. The number of halogens is 1. The number of hydrogen-bond donors (Lipinski definition) is 3. The summed E-state index contributed by atoms with van der Waals surface area (Å²) >= 11 is 5.85. The predicted molar refractivity (Wildman–Crippen MR) is 95.2 cm³/mol. The van der Waals surface area contributed by atoms with Gasteiger partial charge in [0.2, 0.25) is 0 Å². The Labute approximate surface area is 149 Å². The number of carbonyl (C=O) groups excluding carboxylic acids is 1. The fourth-order valence-corrected chi connectivity index (χ4v) is 3.18. The Morgan fingerprint density at radius 1 is 1.16 bits per heavy atom. The molecule has 25 heavy (non-hydrogen) atoms. The van der Waals surface area contributed by atoms with Gasteiger partial charge in [0, 0.05) is 22.7 Å². The molecule has 0 saturated heterocycles. The molecule has 3 N–H and O–H groups in total. The fourth-order valence-electron chi connectivity index (χ4n) is 3.06. The van der Waals surface area contributed by atoms with E-state index in [0.717, 1.165) is 32.1 Å². The van der Waals surface area contributed by atoms with Gasteiger partial charge in [0.05, 0.1) is 5.69 Å². The molecule has 0 bridgehead atoms. The maximum atomic E-state index is 12.5. The van der Waals surface area contributed by atoms with Crippen molar-refractivity contribution in [3.63, 3.8) is 0 Å². The van der Waals surface area contributed by atoms with Gasteiger partial charge in [0.1, 0.15) is 5.76 Å². The van der Waals surface area contributed by atoms with E-state index in [1.807, 2.05) is 5.48 Å². The minimum Gasteiger partial charge on any atom is -0.422 e. The summed E-state index contributed by atoms with van der Waals surface area (Å²) in [5.41, 5.74) is 1.51. The van der Waals surface area contributed by atoms with Crippen LogP contribution in [0.2, 0.25) is 5.02 Å². The topological polar surface area (TPSA) is 91.6 Å². The summed E-state index contributed by atoms with van der Waals surface area (Å²) < 4.78 is 5.28. The molecule has 1 aromatic heterocycles. The highest BCUT2D eigenvalue weighted by Gasteiger charge is 2.23. The second-order valence-electron chi connectivity index (χ2n) is 6.11. The zero-order valence-corrected chi connectivity index (χ0v) is 14.3. The molecule has 1 heterocycles. The Kier molecular flexibility index (Phi) is 5.40. The van der Waals surface area contributed by atoms with Gasteiger partial charge >= 0.3 is 5.63 Å². The molecule has 2 aromatic rings. The Morgan fingerprint density at radius 3 is 2.48 bits per heavy atom. The van der Waals surface area contributed by atoms with E-state index in [4.69, 9.17) is 16.0 Å². The fraction of sp³-hybridized carbons (Fsp3) is 0.333. The summed E-state index contributed by atoms with van der Waals surface area (Å²) in [6.45, 7) is 0. The van der Waals surface area contributed by atoms with E-state index in [9.17, 15) is 14.8 Å². The van der Waals surface area contributed by atoms with Crippen molar-refractivity contribution >= 4 is 23.2 Å².